The number of thiazole rings is 1. The number of nitrogens with one attached hydrogen (secondary N) is 2. The van der Waals surface area contributed by atoms with Gasteiger partial charge in [-0.2, -0.15) is 0 Å². The fourth-order valence-corrected chi connectivity index (χ4v) is 3.19. The Morgan fingerprint density at radius 1 is 1.29 bits per heavy atom. The Hall–Kier alpha value is -2.39. The summed E-state index contributed by atoms with van der Waals surface area (Å²) in [6.07, 6.45) is 3.36. The first-order valence-electron chi connectivity index (χ1n) is 7.45. The average Bonchev–Trinajstić information content (AvgIpc) is 3.27. The largest absolute Gasteiger partial charge is 0.370 e. The molecule has 7 nitrogen and oxygen atoms in total. The van der Waals surface area contributed by atoms with E-state index in [1.807, 2.05) is 0 Å². The van der Waals surface area contributed by atoms with Crippen LogP contribution in [0.3, 0.4) is 0 Å². The van der Waals surface area contributed by atoms with Crippen LogP contribution in [0.1, 0.15) is 28.0 Å². The van der Waals surface area contributed by atoms with Crippen molar-refractivity contribution in [2.45, 2.75) is 19.8 Å². The number of hydrogen-bond acceptors (Lipinski definition) is 8. The molecule has 9 heteroatoms. The van der Waals surface area contributed by atoms with E-state index < -0.39 is 0 Å². The van der Waals surface area contributed by atoms with Crippen molar-refractivity contribution < 1.29 is 4.79 Å². The molecule has 0 fully saturated rings. The van der Waals surface area contributed by atoms with Crippen LogP contribution in [0.4, 0.5) is 10.9 Å². The maximum absolute atomic E-state index is 12.0. The molecule has 1 amide bonds. The lowest BCUT2D eigenvalue weighted by Gasteiger charge is -2.05. The third-order valence-corrected chi connectivity index (χ3v) is 4.84. The van der Waals surface area contributed by atoms with Crippen LogP contribution in [-0.2, 0) is 12.8 Å². The molecule has 0 unspecified atom stereocenters. The molecule has 24 heavy (non-hydrogen) atoms. The summed E-state index contributed by atoms with van der Waals surface area (Å²) in [6.45, 7) is 2.85. The van der Waals surface area contributed by atoms with E-state index in [0.29, 0.717) is 10.7 Å². The van der Waals surface area contributed by atoms with Crippen molar-refractivity contribution in [3.8, 4) is 0 Å². The van der Waals surface area contributed by atoms with Gasteiger partial charge in [0.1, 0.15) is 11.3 Å². The van der Waals surface area contributed by atoms with Crippen LogP contribution in [-0.4, -0.2) is 32.6 Å². The first-order chi connectivity index (χ1) is 11.7. The maximum Gasteiger partial charge on any atom is 0.259 e. The van der Waals surface area contributed by atoms with Crippen molar-refractivity contribution in [2.24, 2.45) is 0 Å². The predicted octanol–water partition coefficient (Wildman–Crippen LogP) is 2.86. The van der Waals surface area contributed by atoms with Crippen molar-refractivity contribution in [3.63, 3.8) is 0 Å². The van der Waals surface area contributed by atoms with Crippen LogP contribution in [0.15, 0.2) is 29.2 Å². The van der Waals surface area contributed by atoms with Gasteiger partial charge in [-0.1, -0.05) is 18.3 Å². The number of carbonyl (C=O) groups excluding carboxylic acids is 1. The highest BCUT2D eigenvalue weighted by molar-refractivity contribution is 7.13. The summed E-state index contributed by atoms with van der Waals surface area (Å²) in [5.41, 5.74) is 3.13. The molecule has 3 aromatic rings. The van der Waals surface area contributed by atoms with E-state index in [1.165, 1.54) is 17.5 Å². The van der Waals surface area contributed by atoms with E-state index in [2.05, 4.69) is 43.1 Å². The van der Waals surface area contributed by atoms with Crippen LogP contribution in [0.5, 0.6) is 0 Å². The number of carbonyl (C=O) groups is 1. The van der Waals surface area contributed by atoms with Gasteiger partial charge in [0.25, 0.3) is 5.91 Å². The Morgan fingerprint density at radius 3 is 2.88 bits per heavy atom. The monoisotopic (exact) mass is 360 g/mol. The summed E-state index contributed by atoms with van der Waals surface area (Å²) < 4.78 is 0. The van der Waals surface area contributed by atoms with E-state index in [1.54, 1.807) is 29.0 Å². The van der Waals surface area contributed by atoms with Gasteiger partial charge in [0.15, 0.2) is 0 Å². The Bertz CT molecular complexity index is 785. The van der Waals surface area contributed by atoms with Crippen LogP contribution in [0.25, 0.3) is 0 Å². The SMILES string of the molecule is CCc1nc(CCNc2ccc(C(=O)Nc3nncs3)cn2)cs1. The smallest absolute Gasteiger partial charge is 0.259 e. The number of hydrogen-bond donors (Lipinski definition) is 2. The number of nitrogens with zero attached hydrogens (tertiary/aromatic N) is 4. The number of pyridine rings is 1. The van der Waals surface area contributed by atoms with Gasteiger partial charge in [0, 0.05) is 24.5 Å². The molecular weight excluding hydrogens is 344 g/mol. The zero-order chi connectivity index (χ0) is 16.8. The van der Waals surface area contributed by atoms with E-state index in [-0.39, 0.29) is 5.91 Å². The van der Waals surface area contributed by atoms with Gasteiger partial charge < -0.3 is 5.32 Å². The molecule has 0 aliphatic heterocycles. The lowest BCUT2D eigenvalue weighted by atomic mass is 10.2. The van der Waals surface area contributed by atoms with Crippen molar-refractivity contribution in [2.75, 3.05) is 17.2 Å². The van der Waals surface area contributed by atoms with E-state index in [9.17, 15) is 4.79 Å². The fraction of sp³-hybridized carbons (Fsp3) is 0.267. The van der Waals surface area contributed by atoms with Gasteiger partial charge in [-0.15, -0.1) is 21.5 Å². The van der Waals surface area contributed by atoms with E-state index in [4.69, 9.17) is 0 Å². The fourth-order valence-electron chi connectivity index (χ4n) is 1.97. The van der Waals surface area contributed by atoms with Crippen LogP contribution < -0.4 is 10.6 Å². The highest BCUT2D eigenvalue weighted by Crippen LogP contribution is 2.13. The second-order valence-corrected chi connectivity index (χ2v) is 6.67. The molecule has 0 radical (unpaired) electrons. The van der Waals surface area contributed by atoms with E-state index in [0.717, 1.165) is 35.9 Å². The molecular formula is C15H16N6OS2. The highest BCUT2D eigenvalue weighted by atomic mass is 32.1. The Kier molecular flexibility index (Phi) is 5.44. The van der Waals surface area contributed by atoms with Gasteiger partial charge in [-0.25, -0.2) is 9.97 Å². The maximum atomic E-state index is 12.0. The molecule has 124 valence electrons. The number of aryl methyl sites for hydroxylation is 1. The molecule has 0 aliphatic rings. The summed E-state index contributed by atoms with van der Waals surface area (Å²) in [4.78, 5) is 20.8. The summed E-state index contributed by atoms with van der Waals surface area (Å²) in [7, 11) is 0. The summed E-state index contributed by atoms with van der Waals surface area (Å²) >= 11 is 2.96. The molecule has 3 aromatic heterocycles. The Balaban J connectivity index is 1.49. The third-order valence-electron chi connectivity index (χ3n) is 3.20. The summed E-state index contributed by atoms with van der Waals surface area (Å²) in [5, 5.41) is 17.1. The first kappa shape index (κ1) is 16.5. The molecule has 3 rings (SSSR count). The quantitative estimate of drug-likeness (QED) is 0.673. The lowest BCUT2D eigenvalue weighted by molar-refractivity contribution is 0.102. The van der Waals surface area contributed by atoms with Gasteiger partial charge in [-0.3, -0.25) is 10.1 Å². The van der Waals surface area contributed by atoms with Crippen LogP contribution in [0.2, 0.25) is 0 Å². The zero-order valence-corrected chi connectivity index (χ0v) is 14.7. The van der Waals surface area contributed by atoms with Crippen molar-refractivity contribution in [3.05, 3.63) is 45.5 Å². The van der Waals surface area contributed by atoms with Crippen molar-refractivity contribution in [1.29, 1.82) is 0 Å². The number of aromatic nitrogens is 4. The first-order valence-corrected chi connectivity index (χ1v) is 9.21. The predicted molar refractivity (Wildman–Crippen MR) is 95.8 cm³/mol. The van der Waals surface area contributed by atoms with Crippen LogP contribution in [0, 0.1) is 0 Å². The minimum Gasteiger partial charge on any atom is -0.370 e. The second-order valence-electron chi connectivity index (χ2n) is 4.89. The second kappa shape index (κ2) is 7.93. The van der Waals surface area contributed by atoms with Crippen molar-refractivity contribution in [1.82, 2.24) is 20.2 Å². The normalized spacial score (nSPS) is 10.5. The molecule has 0 bridgehead atoms. The number of amides is 1. The van der Waals surface area contributed by atoms with E-state index >= 15 is 0 Å². The summed E-state index contributed by atoms with van der Waals surface area (Å²) in [5.74, 6) is 0.480. The third kappa shape index (κ3) is 4.33. The molecule has 0 saturated heterocycles. The zero-order valence-electron chi connectivity index (χ0n) is 13.0. The molecule has 2 N–H and O–H groups in total. The number of rotatable bonds is 7. The minimum atomic E-state index is -0.250. The van der Waals surface area contributed by atoms with Gasteiger partial charge in [-0.05, 0) is 18.6 Å². The van der Waals surface area contributed by atoms with Crippen molar-refractivity contribution >= 4 is 39.5 Å². The molecule has 0 spiro atoms. The topological polar surface area (TPSA) is 92.7 Å². The van der Waals surface area contributed by atoms with Gasteiger partial charge >= 0.3 is 0 Å². The average molecular weight is 360 g/mol. The molecule has 0 aliphatic carbocycles. The Labute approximate surface area is 147 Å². The van der Waals surface area contributed by atoms with Crippen LogP contribution >= 0.6 is 22.7 Å². The molecule has 0 aromatic carbocycles. The molecule has 0 atom stereocenters. The minimum absolute atomic E-state index is 0.250. The molecule has 3 heterocycles. The Morgan fingerprint density at radius 2 is 2.21 bits per heavy atom. The number of anilines is 2. The summed E-state index contributed by atoms with van der Waals surface area (Å²) in [6, 6.07) is 3.51. The van der Waals surface area contributed by atoms with Gasteiger partial charge in [0.05, 0.1) is 16.3 Å². The lowest BCUT2D eigenvalue weighted by Crippen LogP contribution is -2.13. The molecule has 0 saturated carbocycles. The van der Waals surface area contributed by atoms with Gasteiger partial charge in [0.2, 0.25) is 5.13 Å². The standard InChI is InChI=1S/C15H16N6OS2/c1-2-13-19-11(8-23-13)5-6-16-12-4-3-10(7-17-12)14(22)20-15-21-18-9-24-15/h3-4,7-9H,2,5-6H2,1H3,(H,16,17)(H,20,21,22). The highest BCUT2D eigenvalue weighted by Gasteiger charge is 2.08.